The van der Waals surface area contributed by atoms with Gasteiger partial charge in [0.1, 0.15) is 10.9 Å². The number of nitrogens with zero attached hydrogens (tertiary/aromatic N) is 2. The van der Waals surface area contributed by atoms with Crippen LogP contribution in [0.2, 0.25) is 0 Å². The summed E-state index contributed by atoms with van der Waals surface area (Å²) in [5.41, 5.74) is 0.201. The van der Waals surface area contributed by atoms with Crippen LogP contribution in [0.1, 0.15) is 35.7 Å². The Morgan fingerprint density at radius 3 is 2.50 bits per heavy atom. The van der Waals surface area contributed by atoms with Crippen molar-refractivity contribution in [3.8, 4) is 0 Å². The summed E-state index contributed by atoms with van der Waals surface area (Å²) in [5.74, 6) is 0.398. The van der Waals surface area contributed by atoms with Crippen LogP contribution < -0.4 is 5.32 Å². The Hall–Kier alpha value is -1.14. The first-order chi connectivity index (χ1) is 8.24. The second-order valence-corrected chi connectivity index (χ2v) is 5.53. The van der Waals surface area contributed by atoms with Crippen molar-refractivity contribution in [3.05, 3.63) is 17.1 Å². The predicted octanol–water partition coefficient (Wildman–Crippen LogP) is 1.32. The van der Waals surface area contributed by atoms with Crippen molar-refractivity contribution in [1.29, 1.82) is 0 Å². The molecule has 2 N–H and O–H groups in total. The van der Waals surface area contributed by atoms with Gasteiger partial charge >= 0.3 is 0 Å². The minimum absolute atomic E-state index is 0.187. The summed E-state index contributed by atoms with van der Waals surface area (Å²) < 4.78 is 0. The zero-order chi connectivity index (χ0) is 13.9. The average molecular weight is 269 g/mol. The molecule has 0 fully saturated rings. The van der Waals surface area contributed by atoms with Gasteiger partial charge in [0.05, 0.1) is 16.9 Å². The summed E-state index contributed by atoms with van der Waals surface area (Å²) in [5, 5.41) is 13.0. The fourth-order valence-electron chi connectivity index (χ4n) is 1.48. The monoisotopic (exact) mass is 269 g/mol. The van der Waals surface area contributed by atoms with E-state index in [0.717, 1.165) is 0 Å². The maximum atomic E-state index is 12.1. The number of thioether (sulfide) groups is 1. The second-order valence-electron chi connectivity index (χ2n) is 4.74. The maximum Gasteiger partial charge on any atom is 0.255 e. The Balaban J connectivity index is 2.98. The highest BCUT2D eigenvalue weighted by Gasteiger charge is 2.20. The van der Waals surface area contributed by atoms with Gasteiger partial charge in [0.25, 0.3) is 5.91 Å². The van der Waals surface area contributed by atoms with Crippen molar-refractivity contribution in [3.63, 3.8) is 0 Å². The molecule has 1 aromatic heterocycles. The number of amides is 1. The SMILES string of the molecule is CSc1nc(C)nc(C)c1C(=O)NCC(C)(C)O. The summed E-state index contributed by atoms with van der Waals surface area (Å²) in [7, 11) is 0. The lowest BCUT2D eigenvalue weighted by molar-refractivity contribution is 0.0692. The van der Waals surface area contributed by atoms with Crippen LogP contribution >= 0.6 is 11.8 Å². The van der Waals surface area contributed by atoms with E-state index in [1.165, 1.54) is 11.8 Å². The Morgan fingerprint density at radius 2 is 2.00 bits per heavy atom. The van der Waals surface area contributed by atoms with Crippen LogP contribution in [0.5, 0.6) is 0 Å². The van der Waals surface area contributed by atoms with Crippen LogP contribution in [-0.4, -0.2) is 39.4 Å². The van der Waals surface area contributed by atoms with Crippen molar-refractivity contribution in [2.75, 3.05) is 12.8 Å². The number of carbonyl (C=O) groups is 1. The normalized spacial score (nSPS) is 11.4. The van der Waals surface area contributed by atoms with Crippen molar-refractivity contribution in [2.45, 2.75) is 38.3 Å². The average Bonchev–Trinajstić information content (AvgIpc) is 2.23. The van der Waals surface area contributed by atoms with E-state index < -0.39 is 5.60 Å². The Labute approximate surface area is 111 Å². The third kappa shape index (κ3) is 3.96. The van der Waals surface area contributed by atoms with Gasteiger partial charge in [-0.15, -0.1) is 11.8 Å². The molecule has 1 aromatic rings. The van der Waals surface area contributed by atoms with E-state index in [2.05, 4.69) is 15.3 Å². The Kier molecular flexibility index (Phi) is 4.70. The van der Waals surface area contributed by atoms with E-state index in [0.29, 0.717) is 22.1 Å². The van der Waals surface area contributed by atoms with Crippen molar-refractivity contribution >= 4 is 17.7 Å². The van der Waals surface area contributed by atoms with Crippen molar-refractivity contribution in [2.24, 2.45) is 0 Å². The number of aromatic nitrogens is 2. The molecular formula is C12H19N3O2S. The zero-order valence-electron chi connectivity index (χ0n) is 11.4. The molecule has 0 unspecified atom stereocenters. The standard InChI is InChI=1S/C12H19N3O2S/c1-7-9(10(16)13-6-12(3,4)17)11(18-5)15-8(2)14-7/h17H,6H2,1-5H3,(H,13,16). The fraction of sp³-hybridized carbons (Fsp3) is 0.583. The van der Waals surface area contributed by atoms with Crippen LogP contribution in [0.25, 0.3) is 0 Å². The summed E-state index contributed by atoms with van der Waals surface area (Å²) in [6, 6.07) is 0. The number of hydrogen-bond acceptors (Lipinski definition) is 5. The highest BCUT2D eigenvalue weighted by molar-refractivity contribution is 7.98. The molecule has 0 radical (unpaired) electrons. The van der Waals surface area contributed by atoms with Gasteiger partial charge in [-0.05, 0) is 34.0 Å². The summed E-state index contributed by atoms with van der Waals surface area (Å²) >= 11 is 1.41. The largest absolute Gasteiger partial charge is 0.389 e. The van der Waals surface area contributed by atoms with E-state index in [4.69, 9.17) is 0 Å². The van der Waals surface area contributed by atoms with Crippen LogP contribution in [0.4, 0.5) is 0 Å². The number of hydrogen-bond donors (Lipinski definition) is 2. The fourth-order valence-corrected chi connectivity index (χ4v) is 2.14. The molecule has 1 rings (SSSR count). The second kappa shape index (κ2) is 5.67. The minimum Gasteiger partial charge on any atom is -0.389 e. The lowest BCUT2D eigenvalue weighted by Gasteiger charge is -2.18. The van der Waals surface area contributed by atoms with E-state index in [1.54, 1.807) is 27.7 Å². The first-order valence-electron chi connectivity index (χ1n) is 5.64. The zero-order valence-corrected chi connectivity index (χ0v) is 12.2. The van der Waals surface area contributed by atoms with Gasteiger partial charge in [0.15, 0.2) is 0 Å². The number of nitrogens with one attached hydrogen (secondary N) is 1. The summed E-state index contributed by atoms with van der Waals surface area (Å²) in [4.78, 5) is 20.5. The van der Waals surface area contributed by atoms with E-state index >= 15 is 0 Å². The van der Waals surface area contributed by atoms with Crippen LogP contribution in [-0.2, 0) is 0 Å². The molecule has 5 nitrogen and oxygen atoms in total. The molecule has 0 aliphatic carbocycles. The third-order valence-corrected chi connectivity index (χ3v) is 2.95. The van der Waals surface area contributed by atoms with E-state index in [9.17, 15) is 9.90 Å². The van der Waals surface area contributed by atoms with Crippen molar-refractivity contribution < 1.29 is 9.90 Å². The maximum absolute atomic E-state index is 12.1. The molecule has 1 amide bonds. The van der Waals surface area contributed by atoms with E-state index in [-0.39, 0.29) is 12.5 Å². The molecule has 0 bridgehead atoms. The molecule has 18 heavy (non-hydrogen) atoms. The predicted molar refractivity (Wildman–Crippen MR) is 71.9 cm³/mol. The number of aliphatic hydroxyl groups is 1. The highest BCUT2D eigenvalue weighted by atomic mass is 32.2. The van der Waals surface area contributed by atoms with Gasteiger partial charge in [0, 0.05) is 6.54 Å². The number of aryl methyl sites for hydroxylation is 2. The molecule has 0 aliphatic heterocycles. The molecule has 0 saturated carbocycles. The van der Waals surface area contributed by atoms with Gasteiger partial charge < -0.3 is 10.4 Å². The van der Waals surface area contributed by atoms with Gasteiger partial charge in [0.2, 0.25) is 0 Å². The Morgan fingerprint density at radius 1 is 1.39 bits per heavy atom. The molecule has 0 spiro atoms. The van der Waals surface area contributed by atoms with E-state index in [1.807, 2.05) is 6.26 Å². The number of rotatable bonds is 4. The van der Waals surface area contributed by atoms with Crippen LogP contribution in [0, 0.1) is 13.8 Å². The molecule has 0 aromatic carbocycles. The van der Waals surface area contributed by atoms with Crippen LogP contribution in [0.15, 0.2) is 5.03 Å². The summed E-state index contributed by atoms with van der Waals surface area (Å²) in [6.45, 7) is 7.05. The third-order valence-electron chi connectivity index (χ3n) is 2.27. The highest BCUT2D eigenvalue weighted by Crippen LogP contribution is 2.20. The Bertz CT molecular complexity index is 455. The van der Waals surface area contributed by atoms with Crippen molar-refractivity contribution in [1.82, 2.24) is 15.3 Å². The first kappa shape index (κ1) is 14.9. The smallest absolute Gasteiger partial charge is 0.255 e. The topological polar surface area (TPSA) is 75.1 Å². The van der Waals surface area contributed by atoms with Gasteiger partial charge in [-0.2, -0.15) is 0 Å². The molecule has 0 saturated heterocycles. The lowest BCUT2D eigenvalue weighted by atomic mass is 10.1. The quantitative estimate of drug-likeness (QED) is 0.637. The number of carbonyl (C=O) groups excluding carboxylic acids is 1. The van der Waals surface area contributed by atoms with Gasteiger partial charge in [-0.3, -0.25) is 4.79 Å². The van der Waals surface area contributed by atoms with Gasteiger partial charge in [-0.1, -0.05) is 0 Å². The molecular weight excluding hydrogens is 250 g/mol. The molecule has 1 heterocycles. The minimum atomic E-state index is -0.936. The molecule has 6 heteroatoms. The first-order valence-corrected chi connectivity index (χ1v) is 6.87. The lowest BCUT2D eigenvalue weighted by Crippen LogP contribution is -2.38. The molecule has 100 valence electrons. The molecule has 0 atom stereocenters. The van der Waals surface area contributed by atoms with Crippen LogP contribution in [0.3, 0.4) is 0 Å². The summed E-state index contributed by atoms with van der Waals surface area (Å²) in [6.07, 6.45) is 1.87. The molecule has 0 aliphatic rings. The van der Waals surface area contributed by atoms with Gasteiger partial charge in [-0.25, -0.2) is 9.97 Å².